The summed E-state index contributed by atoms with van der Waals surface area (Å²) in [6.07, 6.45) is 0.726. The summed E-state index contributed by atoms with van der Waals surface area (Å²) < 4.78 is 42.6. The summed E-state index contributed by atoms with van der Waals surface area (Å²) in [5.74, 6) is -2.50. The van der Waals surface area contributed by atoms with Crippen molar-refractivity contribution in [2.75, 3.05) is 19.8 Å². The predicted molar refractivity (Wildman–Crippen MR) is 95.5 cm³/mol. The van der Waals surface area contributed by atoms with E-state index in [0.717, 1.165) is 18.6 Å². The molecule has 1 aliphatic heterocycles. The molecule has 2 aromatic carbocycles. The van der Waals surface area contributed by atoms with Crippen LogP contribution in [0.3, 0.4) is 0 Å². The zero-order chi connectivity index (χ0) is 20.1. The lowest BCUT2D eigenvalue weighted by Gasteiger charge is -2.12. The fourth-order valence-corrected chi connectivity index (χ4v) is 2.79. The third-order valence-electron chi connectivity index (χ3n) is 3.83. The number of nitrogens with one attached hydrogen (secondary N) is 1. The molecule has 0 aromatic heterocycles. The second-order valence-electron chi connectivity index (χ2n) is 5.92. The number of esters is 1. The number of ether oxygens (including phenoxy) is 3. The Labute approximate surface area is 164 Å². The van der Waals surface area contributed by atoms with E-state index >= 15 is 0 Å². The van der Waals surface area contributed by atoms with Crippen LogP contribution in [0.4, 0.5) is 8.78 Å². The maximum Gasteiger partial charge on any atom is 0.325 e. The Morgan fingerprint density at radius 2 is 1.93 bits per heavy atom. The molecule has 1 aliphatic rings. The molecule has 1 N–H and O–H groups in total. The van der Waals surface area contributed by atoms with Crippen molar-refractivity contribution in [3.8, 4) is 11.5 Å². The van der Waals surface area contributed by atoms with Crippen molar-refractivity contribution in [2.24, 2.45) is 0 Å². The molecule has 0 atom stereocenters. The Morgan fingerprint density at radius 3 is 2.71 bits per heavy atom. The average Bonchev–Trinajstić information content (AvgIpc) is 2.90. The number of hydrogen-bond donors (Lipinski definition) is 1. The Balaban J connectivity index is 1.54. The minimum atomic E-state index is -1.02. The van der Waals surface area contributed by atoms with Crippen LogP contribution in [0.15, 0.2) is 30.3 Å². The van der Waals surface area contributed by atoms with Crippen molar-refractivity contribution >= 4 is 23.5 Å². The van der Waals surface area contributed by atoms with Gasteiger partial charge in [0, 0.05) is 12.5 Å². The number of carbonyl (C=O) groups is 2. The SMILES string of the molecule is O=C(CNC(=O)c1ccc(F)cc1F)OCc1cc(Cl)c2c(c1)OCCCO2. The number of amides is 1. The molecule has 0 saturated carbocycles. The number of rotatable bonds is 5. The van der Waals surface area contributed by atoms with Crippen LogP contribution in [0, 0.1) is 11.6 Å². The summed E-state index contributed by atoms with van der Waals surface area (Å²) in [7, 11) is 0. The highest BCUT2D eigenvalue weighted by Crippen LogP contribution is 2.38. The first kappa shape index (κ1) is 19.9. The molecule has 3 rings (SSSR count). The number of fused-ring (bicyclic) bond motifs is 1. The fourth-order valence-electron chi connectivity index (χ4n) is 2.50. The van der Waals surface area contributed by atoms with Gasteiger partial charge in [-0.3, -0.25) is 9.59 Å². The van der Waals surface area contributed by atoms with Gasteiger partial charge in [0.1, 0.15) is 24.8 Å². The molecule has 0 aliphatic carbocycles. The second-order valence-corrected chi connectivity index (χ2v) is 6.33. The summed E-state index contributed by atoms with van der Waals surface area (Å²) >= 11 is 6.17. The smallest absolute Gasteiger partial charge is 0.325 e. The van der Waals surface area contributed by atoms with E-state index in [0.29, 0.717) is 41.4 Å². The molecule has 0 saturated heterocycles. The quantitative estimate of drug-likeness (QED) is 0.764. The van der Waals surface area contributed by atoms with Crippen molar-refractivity contribution in [3.05, 3.63) is 58.1 Å². The summed E-state index contributed by atoms with van der Waals surface area (Å²) in [6.45, 7) is 0.401. The molecule has 0 fully saturated rings. The minimum absolute atomic E-state index is 0.101. The van der Waals surface area contributed by atoms with Crippen molar-refractivity contribution in [2.45, 2.75) is 13.0 Å². The monoisotopic (exact) mass is 411 g/mol. The molecular formula is C19H16ClF2NO5. The van der Waals surface area contributed by atoms with Gasteiger partial charge in [-0.15, -0.1) is 0 Å². The molecule has 1 heterocycles. The summed E-state index contributed by atoms with van der Waals surface area (Å²) in [6, 6.07) is 5.78. The Morgan fingerprint density at radius 1 is 1.14 bits per heavy atom. The van der Waals surface area contributed by atoms with E-state index in [1.807, 2.05) is 0 Å². The number of hydrogen-bond acceptors (Lipinski definition) is 5. The van der Waals surface area contributed by atoms with E-state index in [1.54, 1.807) is 12.1 Å². The third-order valence-corrected chi connectivity index (χ3v) is 4.11. The molecule has 148 valence electrons. The van der Waals surface area contributed by atoms with Gasteiger partial charge >= 0.3 is 5.97 Å². The van der Waals surface area contributed by atoms with Crippen LogP contribution in [0.2, 0.25) is 5.02 Å². The highest BCUT2D eigenvalue weighted by Gasteiger charge is 2.17. The van der Waals surface area contributed by atoms with E-state index in [9.17, 15) is 18.4 Å². The Hall–Kier alpha value is -2.87. The van der Waals surface area contributed by atoms with E-state index in [1.165, 1.54) is 0 Å². The van der Waals surface area contributed by atoms with Gasteiger partial charge in [0.25, 0.3) is 5.91 Å². The van der Waals surface area contributed by atoms with Crippen molar-refractivity contribution in [3.63, 3.8) is 0 Å². The first-order valence-electron chi connectivity index (χ1n) is 8.41. The number of benzene rings is 2. The lowest BCUT2D eigenvalue weighted by Crippen LogP contribution is -2.31. The lowest BCUT2D eigenvalue weighted by molar-refractivity contribution is -0.143. The van der Waals surface area contributed by atoms with Crippen molar-refractivity contribution in [1.82, 2.24) is 5.32 Å². The molecule has 2 aromatic rings. The van der Waals surface area contributed by atoms with E-state index in [2.05, 4.69) is 5.32 Å². The van der Waals surface area contributed by atoms with Crippen molar-refractivity contribution < 1.29 is 32.6 Å². The highest BCUT2D eigenvalue weighted by atomic mass is 35.5. The van der Waals surface area contributed by atoms with Crippen LogP contribution in [0.1, 0.15) is 22.3 Å². The van der Waals surface area contributed by atoms with Crippen LogP contribution in [0.5, 0.6) is 11.5 Å². The van der Waals surface area contributed by atoms with Gasteiger partial charge in [0.2, 0.25) is 0 Å². The van der Waals surface area contributed by atoms with Crippen LogP contribution >= 0.6 is 11.6 Å². The van der Waals surface area contributed by atoms with Crippen LogP contribution < -0.4 is 14.8 Å². The molecule has 1 amide bonds. The number of halogens is 3. The fraction of sp³-hybridized carbons (Fsp3) is 0.263. The molecule has 6 nitrogen and oxygen atoms in total. The molecular weight excluding hydrogens is 396 g/mol. The van der Waals surface area contributed by atoms with E-state index in [4.69, 9.17) is 25.8 Å². The molecule has 0 unspecified atom stereocenters. The third kappa shape index (κ3) is 4.89. The van der Waals surface area contributed by atoms with Crippen LogP contribution in [-0.2, 0) is 16.1 Å². The van der Waals surface area contributed by atoms with Gasteiger partial charge in [0.15, 0.2) is 11.5 Å². The zero-order valence-electron chi connectivity index (χ0n) is 14.6. The number of carbonyl (C=O) groups excluding carboxylic acids is 2. The molecule has 0 spiro atoms. The maximum atomic E-state index is 13.5. The Kier molecular flexibility index (Phi) is 6.30. The second kappa shape index (κ2) is 8.88. The maximum absolute atomic E-state index is 13.5. The van der Waals surface area contributed by atoms with Gasteiger partial charge < -0.3 is 19.5 Å². The topological polar surface area (TPSA) is 73.9 Å². The first-order valence-corrected chi connectivity index (χ1v) is 8.78. The lowest BCUT2D eigenvalue weighted by atomic mass is 10.2. The molecule has 28 heavy (non-hydrogen) atoms. The van der Waals surface area contributed by atoms with Gasteiger partial charge in [-0.1, -0.05) is 11.6 Å². The average molecular weight is 412 g/mol. The summed E-state index contributed by atoms with van der Waals surface area (Å²) in [4.78, 5) is 23.7. The Bertz CT molecular complexity index is 906. The minimum Gasteiger partial charge on any atom is -0.489 e. The summed E-state index contributed by atoms with van der Waals surface area (Å²) in [5.41, 5.74) is 0.211. The largest absolute Gasteiger partial charge is 0.489 e. The van der Waals surface area contributed by atoms with Gasteiger partial charge in [0.05, 0.1) is 23.8 Å². The van der Waals surface area contributed by atoms with E-state index in [-0.39, 0.29) is 12.2 Å². The standard InChI is InChI=1S/C19H16ClF2NO5/c20-14-6-11(7-16-18(14)27-5-1-4-26-16)10-28-17(24)9-23-19(25)13-3-2-12(21)8-15(13)22/h2-3,6-8H,1,4-5,9-10H2,(H,23,25). The molecule has 0 bridgehead atoms. The van der Waals surface area contributed by atoms with E-state index < -0.39 is 30.1 Å². The van der Waals surface area contributed by atoms with Gasteiger partial charge in [-0.05, 0) is 29.8 Å². The van der Waals surface area contributed by atoms with Gasteiger partial charge in [-0.2, -0.15) is 0 Å². The zero-order valence-corrected chi connectivity index (χ0v) is 15.4. The van der Waals surface area contributed by atoms with Crippen LogP contribution in [0.25, 0.3) is 0 Å². The summed E-state index contributed by atoms with van der Waals surface area (Å²) in [5, 5.41) is 2.56. The predicted octanol–water partition coefficient (Wildman–Crippen LogP) is 3.25. The molecule has 9 heteroatoms. The van der Waals surface area contributed by atoms with Crippen molar-refractivity contribution in [1.29, 1.82) is 0 Å². The highest BCUT2D eigenvalue weighted by molar-refractivity contribution is 6.32. The molecule has 0 radical (unpaired) electrons. The van der Waals surface area contributed by atoms with Crippen LogP contribution in [-0.4, -0.2) is 31.6 Å². The first-order chi connectivity index (χ1) is 13.4. The van der Waals surface area contributed by atoms with Gasteiger partial charge in [-0.25, -0.2) is 8.78 Å². The normalized spacial score (nSPS) is 12.8.